The van der Waals surface area contributed by atoms with Crippen molar-refractivity contribution in [1.29, 1.82) is 0 Å². The number of piperazine rings is 1. The zero-order valence-electron chi connectivity index (χ0n) is 15.4. The minimum absolute atomic E-state index is 0.0490. The number of amides is 3. The molecule has 1 aromatic carbocycles. The molecular formula is C18H21F2N3O5. The lowest BCUT2D eigenvalue weighted by Gasteiger charge is -2.34. The van der Waals surface area contributed by atoms with Gasteiger partial charge in [0.05, 0.1) is 12.1 Å². The number of ether oxygens (including phenoxy) is 1. The lowest BCUT2D eigenvalue weighted by Crippen LogP contribution is -2.50. The lowest BCUT2D eigenvalue weighted by molar-refractivity contribution is -0.149. The summed E-state index contributed by atoms with van der Waals surface area (Å²) in [5.41, 5.74) is -0.360. The van der Waals surface area contributed by atoms with E-state index in [4.69, 9.17) is 4.74 Å². The van der Waals surface area contributed by atoms with Crippen LogP contribution in [0.25, 0.3) is 0 Å². The fourth-order valence-electron chi connectivity index (χ4n) is 2.64. The maximum Gasteiger partial charge on any atom is 0.306 e. The van der Waals surface area contributed by atoms with Crippen LogP contribution in [0.15, 0.2) is 18.2 Å². The van der Waals surface area contributed by atoms with E-state index in [-0.39, 0.29) is 30.3 Å². The van der Waals surface area contributed by atoms with E-state index in [9.17, 15) is 28.0 Å². The second-order valence-corrected chi connectivity index (χ2v) is 6.22. The van der Waals surface area contributed by atoms with Gasteiger partial charge in [0.2, 0.25) is 11.8 Å². The summed E-state index contributed by atoms with van der Waals surface area (Å²) in [5.74, 6) is -3.43. The number of benzene rings is 1. The number of rotatable bonds is 6. The highest BCUT2D eigenvalue weighted by Gasteiger charge is 2.23. The molecule has 3 amide bonds. The number of nitrogens with one attached hydrogen (secondary N) is 1. The molecule has 0 atom stereocenters. The number of esters is 1. The second-order valence-electron chi connectivity index (χ2n) is 6.22. The van der Waals surface area contributed by atoms with Gasteiger partial charge in [-0.3, -0.25) is 19.2 Å². The zero-order valence-corrected chi connectivity index (χ0v) is 15.4. The molecule has 0 unspecified atom stereocenters. The van der Waals surface area contributed by atoms with Gasteiger partial charge in [0, 0.05) is 45.6 Å². The Balaban J connectivity index is 1.68. The minimum atomic E-state index is -0.829. The second kappa shape index (κ2) is 9.77. The van der Waals surface area contributed by atoms with Gasteiger partial charge in [-0.25, -0.2) is 8.78 Å². The van der Waals surface area contributed by atoms with Gasteiger partial charge in [0.1, 0.15) is 11.6 Å². The van der Waals surface area contributed by atoms with Gasteiger partial charge in [-0.1, -0.05) is 0 Å². The number of nitrogens with zero attached hydrogens (tertiary/aromatic N) is 2. The summed E-state index contributed by atoms with van der Waals surface area (Å²) < 4.78 is 31.2. The molecule has 0 saturated carbocycles. The average molecular weight is 397 g/mol. The number of carbonyl (C=O) groups excluding carboxylic acids is 4. The maximum absolute atomic E-state index is 13.4. The summed E-state index contributed by atoms with van der Waals surface area (Å²) in [4.78, 5) is 49.9. The van der Waals surface area contributed by atoms with E-state index < -0.39 is 30.1 Å². The summed E-state index contributed by atoms with van der Waals surface area (Å²) in [6.45, 7) is 2.47. The molecular weight excluding hydrogens is 376 g/mol. The highest BCUT2D eigenvalue weighted by atomic mass is 19.1. The molecule has 1 aliphatic rings. The van der Waals surface area contributed by atoms with Gasteiger partial charge in [0.15, 0.2) is 6.61 Å². The molecule has 1 fully saturated rings. The van der Waals surface area contributed by atoms with Crippen molar-refractivity contribution in [1.82, 2.24) is 9.80 Å². The van der Waals surface area contributed by atoms with E-state index in [0.29, 0.717) is 26.2 Å². The number of carbonyl (C=O) groups is 4. The molecule has 8 nitrogen and oxygen atoms in total. The highest BCUT2D eigenvalue weighted by Crippen LogP contribution is 2.15. The summed E-state index contributed by atoms with van der Waals surface area (Å²) in [5, 5.41) is 2.10. The molecule has 0 spiro atoms. The average Bonchev–Trinajstić information content (AvgIpc) is 2.67. The lowest BCUT2D eigenvalue weighted by atomic mass is 10.2. The van der Waals surface area contributed by atoms with Crippen LogP contribution in [-0.4, -0.2) is 66.3 Å². The predicted molar refractivity (Wildman–Crippen MR) is 94.0 cm³/mol. The summed E-state index contributed by atoms with van der Waals surface area (Å²) in [7, 11) is 0. The Kier molecular flexibility index (Phi) is 7.42. The summed E-state index contributed by atoms with van der Waals surface area (Å²) >= 11 is 0. The van der Waals surface area contributed by atoms with Crippen molar-refractivity contribution in [3.05, 3.63) is 29.8 Å². The minimum Gasteiger partial charge on any atom is -0.456 e. The fourth-order valence-corrected chi connectivity index (χ4v) is 2.64. The first-order valence-electron chi connectivity index (χ1n) is 8.70. The molecule has 152 valence electrons. The fraction of sp³-hybridized carbons (Fsp3) is 0.444. The molecule has 28 heavy (non-hydrogen) atoms. The number of halogens is 2. The molecule has 2 rings (SSSR count). The predicted octanol–water partition coefficient (Wildman–Crippen LogP) is 0.917. The van der Waals surface area contributed by atoms with Gasteiger partial charge in [-0.15, -0.1) is 0 Å². The van der Waals surface area contributed by atoms with E-state index in [2.05, 4.69) is 5.32 Å². The van der Waals surface area contributed by atoms with Crippen molar-refractivity contribution >= 4 is 29.4 Å². The van der Waals surface area contributed by atoms with Crippen LogP contribution in [0.5, 0.6) is 0 Å². The molecule has 1 saturated heterocycles. The molecule has 0 radical (unpaired) electrons. The molecule has 0 aliphatic carbocycles. The number of hydrogen-bond acceptors (Lipinski definition) is 5. The Bertz CT molecular complexity index is 764. The molecule has 0 bridgehead atoms. The largest absolute Gasteiger partial charge is 0.456 e. The van der Waals surface area contributed by atoms with Crippen molar-refractivity contribution in [2.75, 3.05) is 38.1 Å². The van der Waals surface area contributed by atoms with Crippen LogP contribution in [0, 0.1) is 11.6 Å². The summed E-state index contributed by atoms with van der Waals surface area (Å²) in [6, 6.07) is 2.57. The van der Waals surface area contributed by atoms with Crippen molar-refractivity contribution < 1.29 is 32.7 Å². The first-order valence-corrected chi connectivity index (χ1v) is 8.70. The summed E-state index contributed by atoms with van der Waals surface area (Å²) in [6.07, 6.45) is -0.299. The quantitative estimate of drug-likeness (QED) is 0.720. The van der Waals surface area contributed by atoms with Crippen molar-refractivity contribution in [3.8, 4) is 0 Å². The van der Waals surface area contributed by atoms with Gasteiger partial charge in [0.25, 0.3) is 5.91 Å². The number of hydrogen-bond donors (Lipinski definition) is 1. The molecule has 1 aliphatic heterocycles. The van der Waals surface area contributed by atoms with Crippen LogP contribution in [0.2, 0.25) is 0 Å². The third kappa shape index (κ3) is 6.29. The first kappa shape index (κ1) is 21.3. The molecule has 0 aromatic heterocycles. The number of anilines is 1. The smallest absolute Gasteiger partial charge is 0.306 e. The van der Waals surface area contributed by atoms with E-state index >= 15 is 0 Å². The first-order chi connectivity index (χ1) is 13.3. The molecule has 1 N–H and O–H groups in total. The third-order valence-electron chi connectivity index (χ3n) is 4.19. The van der Waals surface area contributed by atoms with Gasteiger partial charge in [-0.2, -0.15) is 0 Å². The van der Waals surface area contributed by atoms with Crippen LogP contribution in [0.4, 0.5) is 14.5 Å². The zero-order chi connectivity index (χ0) is 20.7. The monoisotopic (exact) mass is 397 g/mol. The standard InChI is InChI=1S/C18H21F2N3O5/c1-12(24)22-6-8-23(9-7-22)17(26)4-5-18(27)28-11-16(25)21-15-10-13(19)2-3-14(15)20/h2-3,10H,4-9,11H2,1H3,(H,21,25). The highest BCUT2D eigenvalue weighted by molar-refractivity contribution is 5.93. The van der Waals surface area contributed by atoms with E-state index in [0.717, 1.165) is 18.2 Å². The topological polar surface area (TPSA) is 96.0 Å². The van der Waals surface area contributed by atoms with Gasteiger partial charge >= 0.3 is 5.97 Å². The SMILES string of the molecule is CC(=O)N1CCN(C(=O)CCC(=O)OCC(=O)Nc2cc(F)ccc2F)CC1. The Labute approximate surface area is 160 Å². The Morgan fingerprint density at radius 2 is 1.68 bits per heavy atom. The van der Waals surface area contributed by atoms with Gasteiger partial charge < -0.3 is 19.9 Å². The Morgan fingerprint density at radius 1 is 1.04 bits per heavy atom. The Hall–Kier alpha value is -3.04. The normalized spacial score (nSPS) is 13.8. The van der Waals surface area contributed by atoms with Crippen LogP contribution in [-0.2, 0) is 23.9 Å². The van der Waals surface area contributed by atoms with Crippen LogP contribution >= 0.6 is 0 Å². The third-order valence-corrected chi connectivity index (χ3v) is 4.19. The van der Waals surface area contributed by atoms with E-state index in [1.54, 1.807) is 9.80 Å². The molecule has 1 aromatic rings. The Morgan fingerprint density at radius 3 is 2.32 bits per heavy atom. The van der Waals surface area contributed by atoms with E-state index in [1.807, 2.05) is 0 Å². The molecule has 10 heteroatoms. The molecule has 1 heterocycles. The maximum atomic E-state index is 13.4. The van der Waals surface area contributed by atoms with Gasteiger partial charge in [-0.05, 0) is 12.1 Å². The van der Waals surface area contributed by atoms with Crippen LogP contribution < -0.4 is 5.32 Å². The van der Waals surface area contributed by atoms with Crippen LogP contribution in [0.1, 0.15) is 19.8 Å². The van der Waals surface area contributed by atoms with Crippen molar-refractivity contribution in [3.63, 3.8) is 0 Å². The van der Waals surface area contributed by atoms with E-state index in [1.165, 1.54) is 6.92 Å². The van der Waals surface area contributed by atoms with Crippen LogP contribution in [0.3, 0.4) is 0 Å². The van der Waals surface area contributed by atoms with Crippen molar-refractivity contribution in [2.24, 2.45) is 0 Å². The van der Waals surface area contributed by atoms with Crippen molar-refractivity contribution in [2.45, 2.75) is 19.8 Å².